The highest BCUT2D eigenvalue weighted by Gasteiger charge is 2.27. The first-order chi connectivity index (χ1) is 7.04. The van der Waals surface area contributed by atoms with Gasteiger partial charge >= 0.3 is 0 Å². The largest absolute Gasteiger partial charge is 0.380 e. The number of hydrogen-bond acceptors (Lipinski definition) is 3. The molecule has 2 unspecified atom stereocenters. The Labute approximate surface area is 89.8 Å². The number of rotatable bonds is 3. The highest BCUT2D eigenvalue weighted by atomic mass is 16.5. The Hall–Kier alpha value is -1.10. The van der Waals surface area contributed by atoms with E-state index in [1.165, 1.54) is 0 Å². The topological polar surface area (TPSA) is 58.6 Å². The molecule has 0 bridgehead atoms. The van der Waals surface area contributed by atoms with Crippen molar-refractivity contribution >= 4 is 11.8 Å². The second-order valence-electron chi connectivity index (χ2n) is 3.87. The molecule has 0 aromatic carbocycles. The summed E-state index contributed by atoms with van der Waals surface area (Å²) >= 11 is 0. The van der Waals surface area contributed by atoms with Gasteiger partial charge in [-0.15, -0.1) is 0 Å². The van der Waals surface area contributed by atoms with Gasteiger partial charge in [-0.2, -0.15) is 0 Å². The number of carbonyl (C=O) groups is 2. The van der Waals surface area contributed by atoms with Gasteiger partial charge in [-0.05, 0) is 13.8 Å². The zero-order valence-corrected chi connectivity index (χ0v) is 9.45. The summed E-state index contributed by atoms with van der Waals surface area (Å²) in [5.74, 6) is -0.104. The van der Waals surface area contributed by atoms with E-state index in [-0.39, 0.29) is 17.9 Å². The van der Waals surface area contributed by atoms with E-state index in [1.54, 1.807) is 18.9 Å². The number of methoxy groups -OCH3 is 1. The lowest BCUT2D eigenvalue weighted by atomic mass is 10.2. The van der Waals surface area contributed by atoms with E-state index in [1.807, 2.05) is 6.92 Å². The van der Waals surface area contributed by atoms with Crippen LogP contribution in [0.4, 0.5) is 0 Å². The Morgan fingerprint density at radius 1 is 1.60 bits per heavy atom. The third-order valence-electron chi connectivity index (χ3n) is 2.55. The highest BCUT2D eigenvalue weighted by Crippen LogP contribution is 2.05. The number of carbonyl (C=O) groups excluding carboxylic acids is 2. The summed E-state index contributed by atoms with van der Waals surface area (Å²) in [4.78, 5) is 24.7. The Bertz CT molecular complexity index is 255. The molecule has 5 nitrogen and oxygen atoms in total. The lowest BCUT2D eigenvalue weighted by Gasteiger charge is -2.24. The molecule has 0 aromatic heterocycles. The molecule has 2 atom stereocenters. The van der Waals surface area contributed by atoms with Crippen molar-refractivity contribution in [1.82, 2.24) is 10.2 Å². The molecule has 2 amide bonds. The molecule has 86 valence electrons. The Morgan fingerprint density at radius 2 is 2.27 bits per heavy atom. The van der Waals surface area contributed by atoms with Crippen molar-refractivity contribution in [3.05, 3.63) is 0 Å². The van der Waals surface area contributed by atoms with Gasteiger partial charge in [0.1, 0.15) is 6.04 Å². The molecule has 0 aromatic rings. The van der Waals surface area contributed by atoms with E-state index in [0.717, 1.165) is 0 Å². The Kier molecular flexibility index (Phi) is 4.08. The summed E-state index contributed by atoms with van der Waals surface area (Å²) in [6.07, 6.45) is 0.362. The molecule has 1 aliphatic rings. The lowest BCUT2D eigenvalue weighted by Crippen LogP contribution is -2.45. The number of nitrogens with one attached hydrogen (secondary N) is 1. The first-order valence-corrected chi connectivity index (χ1v) is 5.15. The molecule has 1 heterocycles. The van der Waals surface area contributed by atoms with Crippen LogP contribution in [-0.4, -0.2) is 49.1 Å². The first kappa shape index (κ1) is 12.0. The van der Waals surface area contributed by atoms with Crippen molar-refractivity contribution in [1.29, 1.82) is 0 Å². The van der Waals surface area contributed by atoms with Crippen molar-refractivity contribution in [2.24, 2.45) is 0 Å². The molecule has 1 N–H and O–H groups in total. The van der Waals surface area contributed by atoms with Crippen molar-refractivity contribution in [3.8, 4) is 0 Å². The summed E-state index contributed by atoms with van der Waals surface area (Å²) in [6, 6.07) is -0.427. The van der Waals surface area contributed by atoms with Gasteiger partial charge in [-0.25, -0.2) is 0 Å². The van der Waals surface area contributed by atoms with E-state index < -0.39 is 6.04 Å². The Balaban J connectivity index is 2.62. The average molecular weight is 214 g/mol. The van der Waals surface area contributed by atoms with Crippen LogP contribution >= 0.6 is 0 Å². The number of amides is 2. The molecule has 0 saturated carbocycles. The van der Waals surface area contributed by atoms with Gasteiger partial charge in [0.05, 0.1) is 6.10 Å². The van der Waals surface area contributed by atoms with E-state index >= 15 is 0 Å². The third-order valence-corrected chi connectivity index (χ3v) is 2.55. The predicted octanol–water partition coefficient (Wildman–Crippen LogP) is -0.242. The van der Waals surface area contributed by atoms with E-state index in [2.05, 4.69) is 5.32 Å². The van der Waals surface area contributed by atoms with Gasteiger partial charge in [0.15, 0.2) is 0 Å². The lowest BCUT2D eigenvalue weighted by molar-refractivity contribution is -0.134. The van der Waals surface area contributed by atoms with Crippen LogP contribution in [0.25, 0.3) is 0 Å². The second-order valence-corrected chi connectivity index (χ2v) is 3.87. The monoisotopic (exact) mass is 214 g/mol. The molecule has 5 heteroatoms. The number of ether oxygens (including phenoxy) is 1. The van der Waals surface area contributed by atoms with Gasteiger partial charge in [0, 0.05) is 26.6 Å². The minimum Gasteiger partial charge on any atom is -0.380 e. The molecule has 1 saturated heterocycles. The second kappa shape index (κ2) is 5.11. The minimum atomic E-state index is -0.427. The van der Waals surface area contributed by atoms with Crippen LogP contribution < -0.4 is 5.32 Å². The summed E-state index contributed by atoms with van der Waals surface area (Å²) in [6.45, 7) is 4.62. The fourth-order valence-corrected chi connectivity index (χ4v) is 1.56. The van der Waals surface area contributed by atoms with Crippen molar-refractivity contribution < 1.29 is 14.3 Å². The van der Waals surface area contributed by atoms with Crippen LogP contribution in [0.15, 0.2) is 0 Å². The zero-order valence-electron chi connectivity index (χ0n) is 9.45. The smallest absolute Gasteiger partial charge is 0.244 e. The van der Waals surface area contributed by atoms with Crippen LogP contribution in [-0.2, 0) is 14.3 Å². The average Bonchev–Trinajstić information content (AvgIpc) is 2.31. The molecule has 1 aliphatic heterocycles. The summed E-state index contributed by atoms with van der Waals surface area (Å²) in [5, 5.41) is 2.64. The normalized spacial score (nSPS) is 24.7. The minimum absolute atomic E-state index is 0.00523. The van der Waals surface area contributed by atoms with Crippen LogP contribution in [0.2, 0.25) is 0 Å². The molecule has 0 spiro atoms. The van der Waals surface area contributed by atoms with Crippen LogP contribution in [0.3, 0.4) is 0 Å². The van der Waals surface area contributed by atoms with Crippen molar-refractivity contribution in [3.63, 3.8) is 0 Å². The van der Waals surface area contributed by atoms with Gasteiger partial charge in [-0.1, -0.05) is 0 Å². The quantitative estimate of drug-likeness (QED) is 0.705. The van der Waals surface area contributed by atoms with Gasteiger partial charge in [0.25, 0.3) is 0 Å². The van der Waals surface area contributed by atoms with Crippen molar-refractivity contribution in [2.45, 2.75) is 32.4 Å². The van der Waals surface area contributed by atoms with Crippen molar-refractivity contribution in [2.75, 3.05) is 20.2 Å². The molecule has 0 radical (unpaired) electrons. The maximum Gasteiger partial charge on any atom is 0.244 e. The fourth-order valence-electron chi connectivity index (χ4n) is 1.56. The summed E-state index contributed by atoms with van der Waals surface area (Å²) in [5.41, 5.74) is 0. The molecule has 1 rings (SSSR count). The molecule has 1 fully saturated rings. The fraction of sp³-hybridized carbons (Fsp3) is 0.800. The van der Waals surface area contributed by atoms with Crippen LogP contribution in [0.1, 0.15) is 20.3 Å². The maximum absolute atomic E-state index is 11.8. The molecule has 15 heavy (non-hydrogen) atoms. The third kappa shape index (κ3) is 3.20. The first-order valence-electron chi connectivity index (χ1n) is 5.15. The van der Waals surface area contributed by atoms with Gasteiger partial charge in [0.2, 0.25) is 11.8 Å². The SMILES string of the molecule is COC(C)CN1CCC(=O)NC(C)C1=O. The predicted molar refractivity (Wildman–Crippen MR) is 55.3 cm³/mol. The maximum atomic E-state index is 11.8. The Morgan fingerprint density at radius 3 is 2.87 bits per heavy atom. The van der Waals surface area contributed by atoms with E-state index in [4.69, 9.17) is 4.74 Å². The molecule has 0 aliphatic carbocycles. The van der Waals surface area contributed by atoms with E-state index in [9.17, 15) is 9.59 Å². The standard InChI is InChI=1S/C10H18N2O3/c1-7(15-3)6-12-5-4-9(13)11-8(2)10(12)14/h7-8H,4-6H2,1-3H3,(H,11,13). The molecular weight excluding hydrogens is 196 g/mol. The van der Waals surface area contributed by atoms with Gasteiger partial charge in [-0.3, -0.25) is 9.59 Å². The summed E-state index contributed by atoms with van der Waals surface area (Å²) in [7, 11) is 1.61. The van der Waals surface area contributed by atoms with Crippen LogP contribution in [0, 0.1) is 0 Å². The zero-order chi connectivity index (χ0) is 11.4. The van der Waals surface area contributed by atoms with Crippen LogP contribution in [0.5, 0.6) is 0 Å². The van der Waals surface area contributed by atoms with E-state index in [0.29, 0.717) is 19.5 Å². The van der Waals surface area contributed by atoms with Gasteiger partial charge < -0.3 is 15.0 Å². The molecular formula is C10H18N2O3. The highest BCUT2D eigenvalue weighted by molar-refractivity contribution is 5.89. The number of nitrogens with zero attached hydrogens (tertiary/aromatic N) is 1. The summed E-state index contributed by atoms with van der Waals surface area (Å²) < 4.78 is 5.10. The number of hydrogen-bond donors (Lipinski definition) is 1.